The van der Waals surface area contributed by atoms with Crippen LogP contribution in [0.4, 0.5) is 0 Å². The fourth-order valence-electron chi connectivity index (χ4n) is 1.81. The van der Waals surface area contributed by atoms with Crippen LogP contribution in [0, 0.1) is 0 Å². The predicted molar refractivity (Wildman–Crippen MR) is 74.7 cm³/mol. The van der Waals surface area contributed by atoms with Crippen LogP contribution in [-0.2, 0) is 20.5 Å². The Balaban J connectivity index is 2.94. The number of likely N-dealkylation sites (N-methyl/N-ethyl adjacent to an activating group) is 1. The second-order valence-corrected chi connectivity index (χ2v) is 6.13. The molecule has 7 heteroatoms. The minimum absolute atomic E-state index is 0.0650. The summed E-state index contributed by atoms with van der Waals surface area (Å²) < 4.78 is 30.1. The number of benzene rings is 1. The summed E-state index contributed by atoms with van der Waals surface area (Å²) >= 11 is 0. The molecule has 0 bridgehead atoms. The van der Waals surface area contributed by atoms with Crippen molar-refractivity contribution in [1.82, 2.24) is 4.31 Å². The van der Waals surface area contributed by atoms with Crippen LogP contribution in [0.3, 0.4) is 0 Å². The maximum atomic E-state index is 12.2. The van der Waals surface area contributed by atoms with Crippen molar-refractivity contribution < 1.29 is 23.1 Å². The zero-order chi connectivity index (χ0) is 15.2. The quantitative estimate of drug-likeness (QED) is 0.746. The van der Waals surface area contributed by atoms with Crippen molar-refractivity contribution in [2.75, 3.05) is 26.8 Å². The van der Waals surface area contributed by atoms with E-state index in [1.54, 1.807) is 25.1 Å². The zero-order valence-corrected chi connectivity index (χ0v) is 12.4. The largest absolute Gasteiger partial charge is 0.465 e. The molecule has 1 aromatic rings. The van der Waals surface area contributed by atoms with Gasteiger partial charge in [0.2, 0.25) is 10.0 Å². The van der Waals surface area contributed by atoms with Crippen molar-refractivity contribution in [2.45, 2.75) is 12.7 Å². The Morgan fingerprint density at radius 2 is 2.10 bits per heavy atom. The minimum Gasteiger partial charge on any atom is -0.465 e. The maximum Gasteiger partial charge on any atom is 0.337 e. The molecule has 1 aromatic carbocycles. The Morgan fingerprint density at radius 3 is 2.65 bits per heavy atom. The third-order valence-electron chi connectivity index (χ3n) is 2.79. The van der Waals surface area contributed by atoms with Gasteiger partial charge in [-0.25, -0.2) is 13.2 Å². The minimum atomic E-state index is -3.52. The number of hydrogen-bond donors (Lipinski definition) is 1. The molecule has 0 saturated carbocycles. The summed E-state index contributed by atoms with van der Waals surface area (Å²) in [5.74, 6) is -0.724. The van der Waals surface area contributed by atoms with Gasteiger partial charge in [-0.2, -0.15) is 4.31 Å². The number of hydrogen-bond acceptors (Lipinski definition) is 5. The predicted octanol–water partition coefficient (Wildman–Crippen LogP) is 0.617. The molecule has 112 valence electrons. The first kappa shape index (κ1) is 16.6. The van der Waals surface area contributed by atoms with Crippen LogP contribution in [0.1, 0.15) is 22.8 Å². The Morgan fingerprint density at radius 1 is 1.40 bits per heavy atom. The molecule has 0 aliphatic carbocycles. The molecule has 0 radical (unpaired) electrons. The van der Waals surface area contributed by atoms with Gasteiger partial charge in [-0.15, -0.1) is 0 Å². The molecular weight excluding hydrogens is 282 g/mol. The van der Waals surface area contributed by atoms with Crippen molar-refractivity contribution in [3.8, 4) is 0 Å². The number of nitrogens with zero attached hydrogens (tertiary/aromatic N) is 1. The fourth-order valence-corrected chi connectivity index (χ4v) is 3.35. The van der Waals surface area contributed by atoms with Crippen LogP contribution in [0.5, 0.6) is 0 Å². The van der Waals surface area contributed by atoms with E-state index in [0.717, 1.165) is 0 Å². The number of aliphatic hydroxyl groups excluding tert-OH is 1. The lowest BCUT2D eigenvalue weighted by atomic mass is 10.1. The van der Waals surface area contributed by atoms with Crippen molar-refractivity contribution >= 4 is 16.0 Å². The van der Waals surface area contributed by atoms with Crippen LogP contribution < -0.4 is 0 Å². The number of rotatable bonds is 7. The van der Waals surface area contributed by atoms with E-state index in [1.165, 1.54) is 17.5 Å². The smallest absolute Gasteiger partial charge is 0.337 e. The van der Waals surface area contributed by atoms with Crippen molar-refractivity contribution in [1.29, 1.82) is 0 Å². The summed E-state index contributed by atoms with van der Waals surface area (Å²) in [6.07, 6.45) is 0. The monoisotopic (exact) mass is 301 g/mol. The zero-order valence-electron chi connectivity index (χ0n) is 11.6. The van der Waals surface area contributed by atoms with Crippen molar-refractivity contribution in [3.05, 3.63) is 35.4 Å². The summed E-state index contributed by atoms with van der Waals surface area (Å²) in [4.78, 5) is 11.4. The van der Waals surface area contributed by atoms with Gasteiger partial charge in [-0.3, -0.25) is 0 Å². The lowest BCUT2D eigenvalue weighted by Gasteiger charge is -2.19. The fraction of sp³-hybridized carbons (Fsp3) is 0.462. The third-order valence-corrected chi connectivity index (χ3v) is 4.72. The highest BCUT2D eigenvalue weighted by molar-refractivity contribution is 7.88. The van der Waals surface area contributed by atoms with Crippen LogP contribution in [-0.4, -0.2) is 50.6 Å². The van der Waals surface area contributed by atoms with Crippen molar-refractivity contribution in [2.24, 2.45) is 0 Å². The molecule has 0 fully saturated rings. The van der Waals surface area contributed by atoms with E-state index in [9.17, 15) is 13.2 Å². The summed E-state index contributed by atoms with van der Waals surface area (Å²) in [7, 11) is -2.25. The van der Waals surface area contributed by atoms with E-state index in [-0.39, 0.29) is 18.9 Å². The average Bonchev–Trinajstić information content (AvgIpc) is 2.43. The SMILES string of the molecule is CCN(CCO)S(=O)(=O)Cc1cccc(C(=O)OC)c1. The van der Waals surface area contributed by atoms with Gasteiger partial charge in [0.25, 0.3) is 0 Å². The summed E-state index contributed by atoms with van der Waals surface area (Å²) in [6.45, 7) is 1.84. The van der Waals surface area contributed by atoms with E-state index in [1.807, 2.05) is 0 Å². The number of aliphatic hydroxyl groups is 1. The van der Waals surface area contributed by atoms with E-state index < -0.39 is 16.0 Å². The highest BCUT2D eigenvalue weighted by Gasteiger charge is 2.20. The third kappa shape index (κ3) is 4.29. The van der Waals surface area contributed by atoms with Crippen LogP contribution in [0.15, 0.2) is 24.3 Å². The second kappa shape index (κ2) is 7.37. The molecule has 6 nitrogen and oxygen atoms in total. The molecule has 20 heavy (non-hydrogen) atoms. The molecule has 0 saturated heterocycles. The molecule has 0 aliphatic heterocycles. The van der Waals surface area contributed by atoms with Gasteiger partial charge in [0.05, 0.1) is 25.0 Å². The van der Waals surface area contributed by atoms with Gasteiger partial charge in [0.15, 0.2) is 0 Å². The molecule has 0 unspecified atom stereocenters. The van der Waals surface area contributed by atoms with Gasteiger partial charge in [-0.1, -0.05) is 19.1 Å². The molecule has 1 rings (SSSR count). The Labute approximate surface area is 119 Å². The standard InChI is InChI=1S/C13H19NO5S/c1-3-14(7-8-15)20(17,18)10-11-5-4-6-12(9-11)13(16)19-2/h4-6,9,15H,3,7-8,10H2,1-2H3. The summed E-state index contributed by atoms with van der Waals surface area (Å²) in [5, 5.41) is 8.88. The van der Waals surface area contributed by atoms with E-state index >= 15 is 0 Å². The molecule has 0 spiro atoms. The average molecular weight is 301 g/mol. The van der Waals surface area contributed by atoms with Gasteiger partial charge in [-0.05, 0) is 17.7 Å². The highest BCUT2D eigenvalue weighted by atomic mass is 32.2. The molecule has 0 aromatic heterocycles. The lowest BCUT2D eigenvalue weighted by molar-refractivity contribution is 0.0600. The summed E-state index contributed by atoms with van der Waals surface area (Å²) in [5.41, 5.74) is 0.815. The van der Waals surface area contributed by atoms with E-state index in [2.05, 4.69) is 4.74 Å². The van der Waals surface area contributed by atoms with E-state index in [0.29, 0.717) is 17.7 Å². The van der Waals surface area contributed by atoms with Crippen LogP contribution >= 0.6 is 0 Å². The van der Waals surface area contributed by atoms with Gasteiger partial charge in [0, 0.05) is 13.1 Å². The molecule has 0 aliphatic rings. The number of methoxy groups -OCH3 is 1. The van der Waals surface area contributed by atoms with E-state index in [4.69, 9.17) is 5.11 Å². The first-order valence-corrected chi connectivity index (χ1v) is 7.81. The second-order valence-electron chi connectivity index (χ2n) is 4.16. The highest BCUT2D eigenvalue weighted by Crippen LogP contribution is 2.13. The Hall–Kier alpha value is -1.44. The van der Waals surface area contributed by atoms with Crippen molar-refractivity contribution in [3.63, 3.8) is 0 Å². The molecule has 0 atom stereocenters. The number of sulfonamides is 1. The van der Waals surface area contributed by atoms with Crippen LogP contribution in [0.2, 0.25) is 0 Å². The molecule has 0 heterocycles. The normalized spacial score (nSPS) is 11.6. The number of esters is 1. The molecule has 0 amide bonds. The number of carbonyl (C=O) groups is 1. The lowest BCUT2D eigenvalue weighted by Crippen LogP contribution is -2.34. The van der Waals surface area contributed by atoms with Crippen LogP contribution in [0.25, 0.3) is 0 Å². The van der Waals surface area contributed by atoms with Gasteiger partial charge >= 0.3 is 5.97 Å². The Kier molecular flexibility index (Phi) is 6.12. The maximum absolute atomic E-state index is 12.2. The summed E-state index contributed by atoms with van der Waals surface area (Å²) in [6, 6.07) is 6.31. The first-order valence-electron chi connectivity index (χ1n) is 6.20. The molecule has 1 N–H and O–H groups in total. The Bertz CT molecular complexity index is 556. The number of ether oxygens (including phenoxy) is 1. The van der Waals surface area contributed by atoms with Gasteiger partial charge in [0.1, 0.15) is 0 Å². The topological polar surface area (TPSA) is 83.9 Å². The number of carbonyl (C=O) groups excluding carboxylic acids is 1. The first-order chi connectivity index (χ1) is 9.44. The molecular formula is C13H19NO5S. The van der Waals surface area contributed by atoms with Gasteiger partial charge < -0.3 is 9.84 Å².